The Morgan fingerprint density at radius 1 is 0.475 bits per heavy atom. The van der Waals surface area contributed by atoms with Crippen LogP contribution in [0.25, 0.3) is 0 Å². The van der Waals surface area contributed by atoms with Gasteiger partial charge in [0.1, 0.15) is 28.5 Å². The number of hydrogen-bond donors (Lipinski definition) is 0. The highest BCUT2D eigenvalue weighted by atomic mass is 127. The lowest BCUT2D eigenvalue weighted by molar-refractivity contribution is -0.251. The molecular weight excluding hydrogens is 615 g/mol. The maximum absolute atomic E-state index is 6.65. The average Bonchev–Trinajstić information content (AvgIpc) is 3.01. The van der Waals surface area contributed by atoms with Crippen molar-refractivity contribution in [1.29, 1.82) is 0 Å². The van der Waals surface area contributed by atoms with E-state index in [4.69, 9.17) is 23.7 Å². The zero-order chi connectivity index (χ0) is 27.4. The van der Waals surface area contributed by atoms with Gasteiger partial charge in [0.15, 0.2) is 0 Å². The summed E-state index contributed by atoms with van der Waals surface area (Å²) in [4.78, 5) is 0. The van der Waals surface area contributed by atoms with Gasteiger partial charge in [0.05, 0.1) is 33.0 Å². The van der Waals surface area contributed by atoms with Crippen LogP contribution in [0.15, 0.2) is 121 Å². The van der Waals surface area contributed by atoms with Gasteiger partial charge in [-0.15, -0.1) is 0 Å². The number of halogens is 1. The van der Waals surface area contributed by atoms with Crippen LogP contribution in [-0.4, -0.2) is 35.1 Å². The first-order chi connectivity index (χ1) is 19.8. The lowest BCUT2D eigenvalue weighted by Crippen LogP contribution is -2.59. The zero-order valence-electron chi connectivity index (χ0n) is 22.4. The third kappa shape index (κ3) is 8.46. The molecule has 5 rings (SSSR count). The topological polar surface area (TPSA) is 46.2 Å². The van der Waals surface area contributed by atoms with Crippen LogP contribution in [0.2, 0.25) is 0 Å². The van der Waals surface area contributed by atoms with Gasteiger partial charge in [-0.1, -0.05) is 121 Å². The molecule has 1 fully saturated rings. The van der Waals surface area contributed by atoms with Crippen molar-refractivity contribution in [3.63, 3.8) is 0 Å². The Labute approximate surface area is 250 Å². The van der Waals surface area contributed by atoms with Crippen molar-refractivity contribution >= 4 is 22.6 Å². The lowest BCUT2D eigenvalue weighted by Gasteiger charge is -2.44. The number of hydrogen-bond acceptors (Lipinski definition) is 5. The molecule has 40 heavy (non-hydrogen) atoms. The SMILES string of the molecule is I[C@H]1O[C@H](COCc2ccccc2)[C@H](OCc2ccccc2)[C@H](OCc2ccccc2)[C@H]1OCc1ccccc1. The second kappa shape index (κ2) is 15.4. The van der Waals surface area contributed by atoms with Crippen LogP contribution < -0.4 is 0 Å². The first-order valence-electron chi connectivity index (χ1n) is 13.6. The van der Waals surface area contributed by atoms with Crippen molar-refractivity contribution in [3.05, 3.63) is 144 Å². The molecule has 0 unspecified atom stereocenters. The zero-order valence-corrected chi connectivity index (χ0v) is 24.5. The molecule has 0 aliphatic carbocycles. The van der Waals surface area contributed by atoms with Crippen LogP contribution in [0.4, 0.5) is 0 Å². The first-order valence-corrected chi connectivity index (χ1v) is 14.9. The Bertz CT molecular complexity index is 1240. The van der Waals surface area contributed by atoms with Gasteiger partial charge in [-0.25, -0.2) is 0 Å². The molecule has 0 aromatic heterocycles. The minimum atomic E-state index is -0.397. The van der Waals surface area contributed by atoms with Gasteiger partial charge < -0.3 is 23.7 Å². The predicted molar refractivity (Wildman–Crippen MR) is 164 cm³/mol. The van der Waals surface area contributed by atoms with Crippen molar-refractivity contribution in [3.8, 4) is 0 Å². The van der Waals surface area contributed by atoms with Gasteiger partial charge >= 0.3 is 0 Å². The van der Waals surface area contributed by atoms with Gasteiger partial charge in [0.25, 0.3) is 0 Å². The Kier molecular flexibility index (Phi) is 11.1. The van der Waals surface area contributed by atoms with Crippen molar-refractivity contribution < 1.29 is 23.7 Å². The third-order valence-corrected chi connectivity index (χ3v) is 7.83. The minimum Gasteiger partial charge on any atom is -0.374 e. The fourth-order valence-electron chi connectivity index (χ4n) is 4.73. The number of benzene rings is 4. The third-order valence-electron chi connectivity index (χ3n) is 6.83. The molecule has 0 bridgehead atoms. The Morgan fingerprint density at radius 2 is 0.850 bits per heavy atom. The molecule has 4 aromatic carbocycles. The van der Waals surface area contributed by atoms with E-state index in [0.717, 1.165) is 22.3 Å². The van der Waals surface area contributed by atoms with E-state index in [-0.39, 0.29) is 22.4 Å². The number of rotatable bonds is 13. The second-order valence-electron chi connectivity index (χ2n) is 9.81. The maximum Gasteiger partial charge on any atom is 0.138 e. The average molecular weight is 651 g/mol. The summed E-state index contributed by atoms with van der Waals surface area (Å²) < 4.78 is 32.2. The minimum absolute atomic E-state index is 0.246. The summed E-state index contributed by atoms with van der Waals surface area (Å²) >= 11 is 2.32. The van der Waals surface area contributed by atoms with Gasteiger partial charge in [-0.2, -0.15) is 0 Å². The molecule has 0 N–H and O–H groups in total. The smallest absolute Gasteiger partial charge is 0.138 e. The van der Waals surface area contributed by atoms with Crippen LogP contribution in [0, 0.1) is 0 Å². The second-order valence-corrected chi connectivity index (χ2v) is 11.0. The molecule has 1 aliphatic heterocycles. The molecule has 1 saturated heterocycles. The highest BCUT2D eigenvalue weighted by Gasteiger charge is 2.47. The summed E-state index contributed by atoms with van der Waals surface area (Å²) in [6, 6.07) is 40.7. The highest BCUT2D eigenvalue weighted by molar-refractivity contribution is 14.1. The monoisotopic (exact) mass is 650 g/mol. The molecule has 0 radical (unpaired) electrons. The van der Waals surface area contributed by atoms with E-state index in [1.165, 1.54) is 0 Å². The summed E-state index contributed by atoms with van der Waals surface area (Å²) in [6.07, 6.45) is -1.43. The van der Waals surface area contributed by atoms with Crippen molar-refractivity contribution in [2.75, 3.05) is 6.61 Å². The molecule has 5 atom stereocenters. The molecule has 0 spiro atoms. The van der Waals surface area contributed by atoms with E-state index in [1.807, 2.05) is 72.8 Å². The predicted octanol–water partition coefficient (Wildman–Crippen LogP) is 7.12. The van der Waals surface area contributed by atoms with Crippen LogP contribution >= 0.6 is 22.6 Å². The van der Waals surface area contributed by atoms with Crippen molar-refractivity contribution in [2.45, 2.75) is 55.0 Å². The van der Waals surface area contributed by atoms with Crippen molar-refractivity contribution in [1.82, 2.24) is 0 Å². The van der Waals surface area contributed by atoms with E-state index in [2.05, 4.69) is 71.1 Å². The lowest BCUT2D eigenvalue weighted by atomic mass is 9.99. The standard InChI is InChI=1S/C34H35IO5/c35-34-33(39-24-29-19-11-4-12-20-29)32(38-23-28-17-9-3-10-18-28)31(37-22-27-15-7-2-8-16-27)30(40-34)25-36-21-26-13-5-1-6-14-26/h1-20,30-34H,21-25H2/t30-,31+,32+,33-,34+/m1/s1. The summed E-state index contributed by atoms with van der Waals surface area (Å²) in [6.45, 7) is 2.22. The van der Waals surface area contributed by atoms with Crippen LogP contribution in [0.3, 0.4) is 0 Å². The fraction of sp³-hybridized carbons (Fsp3) is 0.294. The summed E-state index contributed by atoms with van der Waals surface area (Å²) in [5.41, 5.74) is 4.40. The van der Waals surface area contributed by atoms with Crippen molar-refractivity contribution in [2.24, 2.45) is 0 Å². The molecule has 0 saturated carbocycles. The van der Waals surface area contributed by atoms with E-state index >= 15 is 0 Å². The largest absolute Gasteiger partial charge is 0.374 e. The van der Waals surface area contributed by atoms with Crippen LogP contribution in [0.1, 0.15) is 22.3 Å². The van der Waals surface area contributed by atoms with E-state index in [1.54, 1.807) is 0 Å². The Morgan fingerprint density at radius 3 is 1.30 bits per heavy atom. The van der Waals surface area contributed by atoms with Gasteiger partial charge in [-0.3, -0.25) is 0 Å². The number of ether oxygens (including phenoxy) is 5. The van der Waals surface area contributed by atoms with Gasteiger partial charge in [0, 0.05) is 0 Å². The van der Waals surface area contributed by atoms with Crippen LogP contribution in [0.5, 0.6) is 0 Å². The van der Waals surface area contributed by atoms with E-state index in [9.17, 15) is 0 Å². The molecule has 1 aliphatic rings. The quantitative estimate of drug-likeness (QED) is 0.114. The van der Waals surface area contributed by atoms with E-state index < -0.39 is 6.10 Å². The molecule has 208 valence electrons. The Balaban J connectivity index is 1.36. The molecular formula is C34H35IO5. The van der Waals surface area contributed by atoms with Gasteiger partial charge in [-0.05, 0) is 44.8 Å². The summed E-state index contributed by atoms with van der Waals surface area (Å²) in [5, 5.41) is 0. The fourth-order valence-corrected chi connectivity index (χ4v) is 5.73. The highest BCUT2D eigenvalue weighted by Crippen LogP contribution is 2.33. The molecule has 6 heteroatoms. The van der Waals surface area contributed by atoms with Gasteiger partial charge in [0.2, 0.25) is 0 Å². The molecule has 5 nitrogen and oxygen atoms in total. The molecule has 4 aromatic rings. The van der Waals surface area contributed by atoms with E-state index in [0.29, 0.717) is 33.0 Å². The maximum atomic E-state index is 6.65. The Hall–Kier alpha value is -2.59. The van der Waals surface area contributed by atoms with Crippen LogP contribution in [-0.2, 0) is 50.1 Å². The normalized spacial score (nSPS) is 22.7. The first kappa shape index (κ1) is 28.9. The number of alkyl halides is 1. The molecule has 0 amide bonds. The molecule has 1 heterocycles. The summed E-state index contributed by atoms with van der Waals surface area (Å²) in [7, 11) is 0. The summed E-state index contributed by atoms with van der Waals surface area (Å²) in [5.74, 6) is 0.